The van der Waals surface area contributed by atoms with E-state index in [4.69, 9.17) is 4.43 Å². The molecule has 14 heavy (non-hydrogen) atoms. The molecule has 2 heteroatoms. The van der Waals surface area contributed by atoms with Crippen molar-refractivity contribution in [2.45, 2.75) is 58.5 Å². The maximum atomic E-state index is 5.85. The van der Waals surface area contributed by atoms with Crippen LogP contribution in [0.15, 0.2) is 12.7 Å². The van der Waals surface area contributed by atoms with Crippen molar-refractivity contribution in [1.82, 2.24) is 0 Å². The molecule has 0 rings (SSSR count). The molecule has 0 heterocycles. The Morgan fingerprint density at radius 3 is 2.29 bits per heavy atom. The van der Waals surface area contributed by atoms with E-state index >= 15 is 0 Å². The van der Waals surface area contributed by atoms with Crippen LogP contribution >= 0.6 is 0 Å². The van der Waals surface area contributed by atoms with Gasteiger partial charge in [0.15, 0.2) is 0 Å². The molecule has 0 fully saturated rings. The molecule has 0 saturated carbocycles. The van der Waals surface area contributed by atoms with Gasteiger partial charge in [-0.3, -0.25) is 0 Å². The zero-order valence-corrected chi connectivity index (χ0v) is 12.3. The van der Waals surface area contributed by atoms with Gasteiger partial charge < -0.3 is 4.43 Å². The largest absolute Gasteiger partial charge is 0.419 e. The van der Waals surface area contributed by atoms with Crippen LogP contribution in [0.5, 0.6) is 0 Å². The van der Waals surface area contributed by atoms with Crippen molar-refractivity contribution in [2.75, 3.05) is 0 Å². The van der Waals surface area contributed by atoms with Crippen LogP contribution in [-0.2, 0) is 4.43 Å². The summed E-state index contributed by atoms with van der Waals surface area (Å²) in [7, 11) is 0.808. The Labute approximate surface area is 92.5 Å². The van der Waals surface area contributed by atoms with E-state index in [1.165, 1.54) is 25.7 Å². The average Bonchev–Trinajstić information content (AvgIpc) is 2.23. The van der Waals surface area contributed by atoms with E-state index in [1.807, 2.05) is 6.08 Å². The van der Waals surface area contributed by atoms with Gasteiger partial charge in [-0.1, -0.05) is 46.1 Å². The van der Waals surface area contributed by atoms with Crippen molar-refractivity contribution in [3.8, 4) is 0 Å². The molecule has 0 saturated heterocycles. The van der Waals surface area contributed by atoms with Crippen molar-refractivity contribution in [2.24, 2.45) is 5.92 Å². The van der Waals surface area contributed by atoms with E-state index in [-0.39, 0.29) is 5.60 Å². The highest BCUT2D eigenvalue weighted by Gasteiger charge is 2.32. The second-order valence-corrected chi connectivity index (χ2v) is 4.42. The Morgan fingerprint density at radius 1 is 1.36 bits per heavy atom. The molecule has 0 aliphatic rings. The lowest BCUT2D eigenvalue weighted by atomic mass is 9.79. The van der Waals surface area contributed by atoms with Crippen LogP contribution in [0.3, 0.4) is 0 Å². The minimum Gasteiger partial charge on any atom is -0.419 e. The Morgan fingerprint density at radius 2 is 2.00 bits per heavy atom. The molecule has 0 radical (unpaired) electrons. The van der Waals surface area contributed by atoms with Crippen molar-refractivity contribution in [3.05, 3.63) is 12.7 Å². The van der Waals surface area contributed by atoms with E-state index in [9.17, 15) is 0 Å². The predicted molar refractivity (Wildman–Crippen MR) is 67.5 cm³/mol. The SMILES string of the molecule is C=CC(CCC)(O[SiH3])C(CC)CCC. The van der Waals surface area contributed by atoms with Crippen LogP contribution < -0.4 is 0 Å². The summed E-state index contributed by atoms with van der Waals surface area (Å²) >= 11 is 0. The molecule has 0 aromatic carbocycles. The normalized spacial score (nSPS) is 17.6. The first-order valence-electron chi connectivity index (χ1n) is 5.89. The second kappa shape index (κ2) is 7.24. The van der Waals surface area contributed by atoms with Gasteiger partial charge in [0.1, 0.15) is 10.5 Å². The van der Waals surface area contributed by atoms with Crippen molar-refractivity contribution >= 4 is 10.5 Å². The molecular formula is C12H26OSi. The lowest BCUT2D eigenvalue weighted by Gasteiger charge is -2.37. The van der Waals surface area contributed by atoms with Crippen molar-refractivity contribution in [3.63, 3.8) is 0 Å². The van der Waals surface area contributed by atoms with Gasteiger partial charge in [-0.2, -0.15) is 0 Å². The third-order valence-electron chi connectivity index (χ3n) is 3.19. The van der Waals surface area contributed by atoms with Gasteiger partial charge in [-0.15, -0.1) is 6.58 Å². The van der Waals surface area contributed by atoms with E-state index < -0.39 is 0 Å². The molecule has 0 aliphatic carbocycles. The first kappa shape index (κ1) is 13.9. The van der Waals surface area contributed by atoms with Gasteiger partial charge in [-0.25, -0.2) is 0 Å². The summed E-state index contributed by atoms with van der Waals surface area (Å²) in [5, 5.41) is 0. The third-order valence-corrected chi connectivity index (χ3v) is 3.95. The van der Waals surface area contributed by atoms with Gasteiger partial charge in [-0.05, 0) is 18.8 Å². The van der Waals surface area contributed by atoms with Gasteiger partial charge in [0, 0.05) is 0 Å². The van der Waals surface area contributed by atoms with Crippen LogP contribution in [-0.4, -0.2) is 16.1 Å². The molecule has 0 N–H and O–H groups in total. The highest BCUT2D eigenvalue weighted by molar-refractivity contribution is 5.98. The summed E-state index contributed by atoms with van der Waals surface area (Å²) in [4.78, 5) is 0. The molecule has 0 aromatic heterocycles. The minimum absolute atomic E-state index is 0.0221. The van der Waals surface area contributed by atoms with Gasteiger partial charge in [0.05, 0.1) is 5.60 Å². The van der Waals surface area contributed by atoms with Crippen LogP contribution in [0.1, 0.15) is 52.9 Å². The van der Waals surface area contributed by atoms with Crippen LogP contribution in [0, 0.1) is 5.92 Å². The summed E-state index contributed by atoms with van der Waals surface area (Å²) in [5.74, 6) is 0.655. The maximum Gasteiger partial charge on any atom is 0.147 e. The smallest absolute Gasteiger partial charge is 0.147 e. The van der Waals surface area contributed by atoms with Gasteiger partial charge in [0.2, 0.25) is 0 Å². The van der Waals surface area contributed by atoms with Crippen molar-refractivity contribution < 1.29 is 4.43 Å². The first-order chi connectivity index (χ1) is 6.70. The number of hydrogen-bond acceptors (Lipinski definition) is 1. The summed E-state index contributed by atoms with van der Waals surface area (Å²) in [6.07, 6.45) is 8.04. The first-order valence-corrected chi connectivity index (χ1v) is 6.71. The Balaban J connectivity index is 4.62. The Bertz CT molecular complexity index is 158. The molecule has 0 spiro atoms. The Hall–Kier alpha value is -0.0831. The fraction of sp³-hybridized carbons (Fsp3) is 0.833. The average molecular weight is 214 g/mol. The zero-order valence-electron chi connectivity index (χ0n) is 10.3. The molecule has 2 atom stereocenters. The highest BCUT2D eigenvalue weighted by atomic mass is 28.2. The molecule has 2 unspecified atom stereocenters. The monoisotopic (exact) mass is 214 g/mol. The molecule has 1 nitrogen and oxygen atoms in total. The lowest BCUT2D eigenvalue weighted by molar-refractivity contribution is 0.0472. The van der Waals surface area contributed by atoms with E-state index in [0.29, 0.717) is 5.92 Å². The maximum absolute atomic E-state index is 5.85. The van der Waals surface area contributed by atoms with Gasteiger partial charge >= 0.3 is 0 Å². The van der Waals surface area contributed by atoms with E-state index in [2.05, 4.69) is 27.4 Å². The van der Waals surface area contributed by atoms with Crippen LogP contribution in [0.2, 0.25) is 0 Å². The highest BCUT2D eigenvalue weighted by Crippen LogP contribution is 2.33. The standard InChI is InChI=1S/C12H26OSi/c1-5-9-11(7-3)12(8-4,13-14)10-6-2/h8,11H,4-7,9-10H2,1-3,14H3. The van der Waals surface area contributed by atoms with Gasteiger partial charge in [0.25, 0.3) is 0 Å². The van der Waals surface area contributed by atoms with Crippen LogP contribution in [0.4, 0.5) is 0 Å². The Kier molecular flexibility index (Phi) is 7.20. The third kappa shape index (κ3) is 3.25. The van der Waals surface area contributed by atoms with E-state index in [1.54, 1.807) is 0 Å². The summed E-state index contributed by atoms with van der Waals surface area (Å²) in [6.45, 7) is 10.7. The lowest BCUT2D eigenvalue weighted by Crippen LogP contribution is -2.38. The molecule has 0 bridgehead atoms. The second-order valence-electron chi connectivity index (χ2n) is 4.01. The summed E-state index contributed by atoms with van der Waals surface area (Å²) < 4.78 is 5.85. The molecular weight excluding hydrogens is 188 g/mol. The fourth-order valence-electron chi connectivity index (χ4n) is 2.36. The minimum atomic E-state index is -0.0221. The summed E-state index contributed by atoms with van der Waals surface area (Å²) in [5.41, 5.74) is -0.0221. The van der Waals surface area contributed by atoms with E-state index in [0.717, 1.165) is 16.9 Å². The molecule has 84 valence electrons. The summed E-state index contributed by atoms with van der Waals surface area (Å²) in [6, 6.07) is 0. The van der Waals surface area contributed by atoms with Crippen molar-refractivity contribution in [1.29, 1.82) is 0 Å². The molecule has 0 amide bonds. The molecule has 0 aromatic rings. The topological polar surface area (TPSA) is 9.23 Å². The number of hydrogen-bond donors (Lipinski definition) is 0. The number of rotatable bonds is 8. The fourth-order valence-corrected chi connectivity index (χ4v) is 3.06. The van der Waals surface area contributed by atoms with Crippen LogP contribution in [0.25, 0.3) is 0 Å². The zero-order chi connectivity index (χ0) is 11.0. The quantitative estimate of drug-likeness (QED) is 0.446. The molecule has 0 aliphatic heterocycles. The predicted octanol–water partition coefficient (Wildman–Crippen LogP) is 2.83.